The van der Waals surface area contributed by atoms with E-state index in [1.165, 1.54) is 12.8 Å². The highest BCUT2D eigenvalue weighted by Crippen LogP contribution is 2.23. The van der Waals surface area contributed by atoms with Crippen LogP contribution < -0.4 is 10.6 Å². The number of benzene rings is 1. The van der Waals surface area contributed by atoms with Crippen molar-refractivity contribution in [1.82, 2.24) is 5.32 Å². The predicted molar refractivity (Wildman–Crippen MR) is 79.7 cm³/mol. The van der Waals surface area contributed by atoms with Crippen LogP contribution in [0, 0.1) is 11.3 Å². The maximum atomic E-state index is 11.9. The molecule has 1 amide bonds. The van der Waals surface area contributed by atoms with Crippen molar-refractivity contribution < 1.29 is 4.79 Å². The Kier molecular flexibility index (Phi) is 5.40. The summed E-state index contributed by atoms with van der Waals surface area (Å²) < 4.78 is 0. The Labute approximate surface area is 124 Å². The Hall–Kier alpha value is -1.57. The molecule has 1 fully saturated rings. The first-order chi connectivity index (χ1) is 9.69. The van der Waals surface area contributed by atoms with E-state index in [0.717, 1.165) is 19.4 Å². The first kappa shape index (κ1) is 14.8. The number of piperidine rings is 1. The van der Waals surface area contributed by atoms with E-state index in [-0.39, 0.29) is 5.91 Å². The number of anilines is 1. The van der Waals surface area contributed by atoms with Gasteiger partial charge in [0.25, 0.3) is 0 Å². The van der Waals surface area contributed by atoms with Gasteiger partial charge in [-0.1, -0.05) is 18.0 Å². The molecule has 1 aliphatic rings. The van der Waals surface area contributed by atoms with Gasteiger partial charge in [-0.3, -0.25) is 4.79 Å². The normalized spacial score (nSPS) is 18.3. The Balaban J connectivity index is 1.86. The summed E-state index contributed by atoms with van der Waals surface area (Å²) in [6.45, 7) is 1.04. The quantitative estimate of drug-likeness (QED) is 0.896. The van der Waals surface area contributed by atoms with Crippen LogP contribution in [0.2, 0.25) is 5.02 Å². The Morgan fingerprint density at radius 1 is 1.50 bits per heavy atom. The van der Waals surface area contributed by atoms with Crippen LogP contribution in [0.25, 0.3) is 0 Å². The summed E-state index contributed by atoms with van der Waals surface area (Å²) in [7, 11) is 0. The lowest BCUT2D eigenvalue weighted by molar-refractivity contribution is -0.116. The minimum absolute atomic E-state index is 0.0608. The zero-order chi connectivity index (χ0) is 14.4. The topological polar surface area (TPSA) is 64.9 Å². The lowest BCUT2D eigenvalue weighted by Gasteiger charge is -2.23. The van der Waals surface area contributed by atoms with Crippen LogP contribution in [-0.2, 0) is 4.79 Å². The van der Waals surface area contributed by atoms with Crippen molar-refractivity contribution in [1.29, 1.82) is 5.26 Å². The molecule has 5 heteroatoms. The van der Waals surface area contributed by atoms with E-state index in [2.05, 4.69) is 10.6 Å². The van der Waals surface area contributed by atoms with Crippen LogP contribution in [0.3, 0.4) is 0 Å². The minimum atomic E-state index is -0.0608. The molecular formula is C15H18ClN3O. The molecule has 0 radical (unpaired) electrons. The molecule has 1 aromatic rings. The minimum Gasteiger partial charge on any atom is -0.325 e. The first-order valence-electron chi connectivity index (χ1n) is 6.92. The lowest BCUT2D eigenvalue weighted by atomic mass is 10.0. The largest absolute Gasteiger partial charge is 0.325 e. The molecule has 0 aliphatic carbocycles. The van der Waals surface area contributed by atoms with Crippen LogP contribution in [0.15, 0.2) is 18.2 Å². The predicted octanol–water partition coefficient (Wildman–Crippen LogP) is 3.07. The molecule has 0 saturated carbocycles. The molecule has 1 aliphatic heterocycles. The van der Waals surface area contributed by atoms with Crippen molar-refractivity contribution in [3.8, 4) is 6.07 Å². The molecule has 1 aromatic carbocycles. The number of nitrogens with zero attached hydrogens (tertiary/aromatic N) is 1. The number of halogens is 1. The van der Waals surface area contributed by atoms with Crippen molar-refractivity contribution in [2.24, 2.45) is 0 Å². The molecule has 1 heterocycles. The second-order valence-corrected chi connectivity index (χ2v) is 5.45. The number of hydrogen-bond acceptors (Lipinski definition) is 3. The molecule has 1 saturated heterocycles. The molecule has 2 N–H and O–H groups in total. The Morgan fingerprint density at radius 3 is 3.05 bits per heavy atom. The van der Waals surface area contributed by atoms with E-state index in [1.807, 2.05) is 6.07 Å². The van der Waals surface area contributed by atoms with E-state index in [9.17, 15) is 4.79 Å². The number of carbonyl (C=O) groups is 1. The number of nitrogens with one attached hydrogen (secondary N) is 2. The van der Waals surface area contributed by atoms with Gasteiger partial charge in [-0.15, -0.1) is 0 Å². The van der Waals surface area contributed by atoms with Crippen LogP contribution in [-0.4, -0.2) is 18.5 Å². The summed E-state index contributed by atoms with van der Waals surface area (Å²) in [6, 6.07) is 7.32. The molecule has 0 spiro atoms. The zero-order valence-electron chi connectivity index (χ0n) is 11.3. The highest BCUT2D eigenvalue weighted by Gasteiger charge is 2.14. The fourth-order valence-electron chi connectivity index (χ4n) is 2.38. The summed E-state index contributed by atoms with van der Waals surface area (Å²) in [6.07, 6.45) is 4.89. The van der Waals surface area contributed by atoms with Crippen molar-refractivity contribution >= 4 is 23.2 Å². The lowest BCUT2D eigenvalue weighted by Crippen LogP contribution is -2.34. The average Bonchev–Trinajstić information content (AvgIpc) is 2.48. The third kappa shape index (κ3) is 4.22. The zero-order valence-corrected chi connectivity index (χ0v) is 12.0. The maximum Gasteiger partial charge on any atom is 0.224 e. The summed E-state index contributed by atoms with van der Waals surface area (Å²) in [5.41, 5.74) is 0.992. The van der Waals surface area contributed by atoms with Gasteiger partial charge in [0.15, 0.2) is 0 Å². The monoisotopic (exact) mass is 291 g/mol. The second-order valence-electron chi connectivity index (χ2n) is 5.04. The van der Waals surface area contributed by atoms with Gasteiger partial charge in [0.2, 0.25) is 5.91 Å². The number of nitriles is 1. The van der Waals surface area contributed by atoms with Crippen molar-refractivity contribution in [3.63, 3.8) is 0 Å². The molecule has 1 unspecified atom stereocenters. The van der Waals surface area contributed by atoms with Crippen molar-refractivity contribution in [2.45, 2.75) is 38.1 Å². The SMILES string of the molecule is N#Cc1ccc(Cl)c(NC(=O)CCC2CCCCN2)c1. The molecule has 4 nitrogen and oxygen atoms in total. The van der Waals surface area contributed by atoms with E-state index >= 15 is 0 Å². The van der Waals surface area contributed by atoms with Crippen LogP contribution in [0.4, 0.5) is 5.69 Å². The molecule has 0 bridgehead atoms. The van der Waals surface area contributed by atoms with Crippen LogP contribution >= 0.6 is 11.6 Å². The highest BCUT2D eigenvalue weighted by molar-refractivity contribution is 6.33. The van der Waals surface area contributed by atoms with E-state index < -0.39 is 0 Å². The number of carbonyl (C=O) groups excluding carboxylic acids is 1. The summed E-state index contributed by atoms with van der Waals surface area (Å²) in [5.74, 6) is -0.0608. The van der Waals surface area contributed by atoms with Crippen molar-refractivity contribution in [3.05, 3.63) is 28.8 Å². The first-order valence-corrected chi connectivity index (χ1v) is 7.29. The molecule has 2 rings (SSSR count). The van der Waals surface area contributed by atoms with Gasteiger partial charge in [0.05, 0.1) is 22.3 Å². The average molecular weight is 292 g/mol. The summed E-state index contributed by atoms with van der Waals surface area (Å²) in [4.78, 5) is 11.9. The third-order valence-corrected chi connectivity index (χ3v) is 3.83. The van der Waals surface area contributed by atoms with Gasteiger partial charge in [-0.05, 0) is 44.0 Å². The number of rotatable bonds is 4. The smallest absolute Gasteiger partial charge is 0.224 e. The van der Waals surface area contributed by atoms with Crippen LogP contribution in [0.1, 0.15) is 37.7 Å². The van der Waals surface area contributed by atoms with Gasteiger partial charge in [-0.2, -0.15) is 5.26 Å². The van der Waals surface area contributed by atoms with Gasteiger partial charge in [-0.25, -0.2) is 0 Å². The number of hydrogen-bond donors (Lipinski definition) is 2. The van der Waals surface area contributed by atoms with Gasteiger partial charge < -0.3 is 10.6 Å². The molecule has 0 aromatic heterocycles. The van der Waals surface area contributed by atoms with Crippen LogP contribution in [0.5, 0.6) is 0 Å². The highest BCUT2D eigenvalue weighted by atomic mass is 35.5. The fraction of sp³-hybridized carbons (Fsp3) is 0.467. The van der Waals surface area contributed by atoms with E-state index in [4.69, 9.17) is 16.9 Å². The molecule has 106 valence electrons. The van der Waals surface area contributed by atoms with Gasteiger partial charge in [0, 0.05) is 12.5 Å². The van der Waals surface area contributed by atoms with Gasteiger partial charge >= 0.3 is 0 Å². The van der Waals surface area contributed by atoms with Gasteiger partial charge in [0.1, 0.15) is 0 Å². The Morgan fingerprint density at radius 2 is 2.35 bits per heavy atom. The molecule has 1 atom stereocenters. The summed E-state index contributed by atoms with van der Waals surface area (Å²) >= 11 is 6.01. The third-order valence-electron chi connectivity index (χ3n) is 3.50. The second kappa shape index (κ2) is 7.28. The van der Waals surface area contributed by atoms with E-state index in [1.54, 1.807) is 18.2 Å². The molecular weight excluding hydrogens is 274 g/mol. The summed E-state index contributed by atoms with van der Waals surface area (Å²) in [5, 5.41) is 15.5. The Bertz CT molecular complexity index is 518. The maximum absolute atomic E-state index is 11.9. The molecule has 20 heavy (non-hydrogen) atoms. The van der Waals surface area contributed by atoms with Crippen molar-refractivity contribution in [2.75, 3.05) is 11.9 Å². The number of amides is 1. The standard InChI is InChI=1S/C15H18ClN3O/c16-13-6-4-11(10-17)9-14(13)19-15(20)7-5-12-3-1-2-8-18-12/h4,6,9,12,18H,1-3,5,7-8H2,(H,19,20). The fourth-order valence-corrected chi connectivity index (χ4v) is 2.54. The van der Waals surface area contributed by atoms with E-state index in [0.29, 0.717) is 28.7 Å².